The lowest BCUT2D eigenvalue weighted by Crippen LogP contribution is -2.32. The summed E-state index contributed by atoms with van der Waals surface area (Å²) in [5, 5.41) is 0. The quantitative estimate of drug-likeness (QED) is 0.643. The van der Waals surface area contributed by atoms with Gasteiger partial charge in [0.15, 0.2) is 0 Å². The Kier molecular flexibility index (Phi) is 4.40. The molecule has 0 aliphatic carbocycles. The van der Waals surface area contributed by atoms with Gasteiger partial charge in [-0.15, -0.1) is 0 Å². The summed E-state index contributed by atoms with van der Waals surface area (Å²) in [6.07, 6.45) is -3.83. The summed E-state index contributed by atoms with van der Waals surface area (Å²) < 4.78 is 38.7. The van der Waals surface area contributed by atoms with Gasteiger partial charge in [0.05, 0.1) is 5.56 Å². The van der Waals surface area contributed by atoms with E-state index in [0.717, 1.165) is 6.07 Å². The Balaban J connectivity index is 3.14. The number of rotatable bonds is 3. The van der Waals surface area contributed by atoms with Crippen molar-refractivity contribution in [1.29, 1.82) is 0 Å². The van der Waals surface area contributed by atoms with Crippen molar-refractivity contribution in [3.63, 3.8) is 0 Å². The van der Waals surface area contributed by atoms with E-state index < -0.39 is 17.8 Å². The zero-order valence-electron chi connectivity index (χ0n) is 10.8. The van der Waals surface area contributed by atoms with Gasteiger partial charge in [-0.3, -0.25) is 11.3 Å². The third-order valence-electron chi connectivity index (χ3n) is 2.66. The predicted octanol–water partition coefficient (Wildman–Crippen LogP) is 3.65. The maximum atomic E-state index is 12.9. The third kappa shape index (κ3) is 3.99. The molecule has 0 aromatic heterocycles. The van der Waals surface area contributed by atoms with Crippen molar-refractivity contribution < 1.29 is 13.2 Å². The molecule has 1 atom stereocenters. The third-order valence-corrected chi connectivity index (χ3v) is 2.66. The molecule has 3 N–H and O–H groups in total. The van der Waals surface area contributed by atoms with E-state index in [1.807, 2.05) is 20.8 Å². The van der Waals surface area contributed by atoms with Gasteiger partial charge in [-0.2, -0.15) is 13.2 Å². The second-order valence-electron chi connectivity index (χ2n) is 5.57. The maximum absolute atomic E-state index is 12.9. The Morgan fingerprint density at radius 2 is 1.72 bits per heavy atom. The molecule has 1 aromatic rings. The Morgan fingerprint density at radius 1 is 1.17 bits per heavy atom. The zero-order valence-corrected chi connectivity index (χ0v) is 10.8. The normalized spacial score (nSPS) is 14.6. The molecule has 2 nitrogen and oxygen atoms in total. The van der Waals surface area contributed by atoms with E-state index in [4.69, 9.17) is 5.84 Å². The lowest BCUT2D eigenvalue weighted by atomic mass is 9.84. The Bertz CT molecular complexity index is 394. The van der Waals surface area contributed by atoms with Crippen LogP contribution in [0.25, 0.3) is 0 Å². The predicted molar refractivity (Wildman–Crippen MR) is 65.6 cm³/mol. The summed E-state index contributed by atoms with van der Waals surface area (Å²) in [6.45, 7) is 5.90. The van der Waals surface area contributed by atoms with Crippen LogP contribution in [0.2, 0.25) is 0 Å². The zero-order chi connectivity index (χ0) is 14.0. The standard InChI is InChI=1S/C13H19F3N2/c1-12(2,3)8-11(18-17)9-6-4-5-7-10(9)13(14,15)16/h4-7,11,18H,8,17H2,1-3H3. The number of nitrogens with two attached hydrogens (primary N) is 1. The van der Waals surface area contributed by atoms with Crippen LogP contribution < -0.4 is 11.3 Å². The minimum atomic E-state index is -4.36. The van der Waals surface area contributed by atoms with Crippen LogP contribution >= 0.6 is 0 Å². The number of benzene rings is 1. The highest BCUT2D eigenvalue weighted by Gasteiger charge is 2.35. The highest BCUT2D eigenvalue weighted by atomic mass is 19.4. The molecule has 0 fully saturated rings. The first-order valence-electron chi connectivity index (χ1n) is 5.77. The fourth-order valence-corrected chi connectivity index (χ4v) is 1.93. The van der Waals surface area contributed by atoms with Gasteiger partial charge < -0.3 is 0 Å². The maximum Gasteiger partial charge on any atom is 0.416 e. The van der Waals surface area contributed by atoms with Gasteiger partial charge in [0.2, 0.25) is 0 Å². The molecule has 0 saturated carbocycles. The van der Waals surface area contributed by atoms with Crippen LogP contribution in [0.15, 0.2) is 24.3 Å². The number of alkyl halides is 3. The Morgan fingerprint density at radius 3 is 2.17 bits per heavy atom. The van der Waals surface area contributed by atoms with Gasteiger partial charge in [0.1, 0.15) is 0 Å². The van der Waals surface area contributed by atoms with Gasteiger partial charge in [0.25, 0.3) is 0 Å². The number of hydrogen-bond acceptors (Lipinski definition) is 2. The smallest absolute Gasteiger partial charge is 0.271 e. The van der Waals surface area contributed by atoms with E-state index in [1.165, 1.54) is 12.1 Å². The van der Waals surface area contributed by atoms with Crippen LogP contribution in [0, 0.1) is 5.41 Å². The second kappa shape index (κ2) is 5.28. The summed E-state index contributed by atoms with van der Waals surface area (Å²) in [5.74, 6) is 5.41. The van der Waals surface area contributed by atoms with E-state index in [2.05, 4.69) is 5.43 Å². The molecular formula is C13H19F3N2. The van der Waals surface area contributed by atoms with Gasteiger partial charge >= 0.3 is 6.18 Å². The lowest BCUT2D eigenvalue weighted by molar-refractivity contribution is -0.138. The number of halogens is 3. The van der Waals surface area contributed by atoms with E-state index in [9.17, 15) is 13.2 Å². The van der Waals surface area contributed by atoms with Crippen molar-refractivity contribution >= 4 is 0 Å². The van der Waals surface area contributed by atoms with Crippen LogP contribution in [0.4, 0.5) is 13.2 Å². The van der Waals surface area contributed by atoms with E-state index in [0.29, 0.717) is 6.42 Å². The molecule has 1 aromatic carbocycles. The molecule has 1 unspecified atom stereocenters. The molecule has 0 heterocycles. The largest absolute Gasteiger partial charge is 0.416 e. The van der Waals surface area contributed by atoms with Crippen molar-refractivity contribution in [2.24, 2.45) is 11.3 Å². The second-order valence-corrected chi connectivity index (χ2v) is 5.57. The summed E-state index contributed by atoms with van der Waals surface area (Å²) in [5.41, 5.74) is 1.94. The van der Waals surface area contributed by atoms with Crippen LogP contribution in [0.5, 0.6) is 0 Å². The first-order chi connectivity index (χ1) is 8.15. The van der Waals surface area contributed by atoms with Gasteiger partial charge in [-0.1, -0.05) is 39.0 Å². The molecular weight excluding hydrogens is 241 g/mol. The van der Waals surface area contributed by atoms with Crippen molar-refractivity contribution in [3.05, 3.63) is 35.4 Å². The van der Waals surface area contributed by atoms with Gasteiger partial charge in [-0.05, 0) is 23.5 Å². The first kappa shape index (κ1) is 15.0. The first-order valence-corrected chi connectivity index (χ1v) is 5.77. The lowest BCUT2D eigenvalue weighted by Gasteiger charge is -2.27. The average molecular weight is 260 g/mol. The molecule has 0 bridgehead atoms. The molecule has 0 aliphatic rings. The monoisotopic (exact) mass is 260 g/mol. The molecule has 0 aliphatic heterocycles. The molecule has 0 saturated heterocycles. The topological polar surface area (TPSA) is 38.0 Å². The van der Waals surface area contributed by atoms with E-state index in [1.54, 1.807) is 6.07 Å². The van der Waals surface area contributed by atoms with E-state index in [-0.39, 0.29) is 11.0 Å². The molecule has 0 amide bonds. The van der Waals surface area contributed by atoms with Crippen LogP contribution in [0.1, 0.15) is 44.4 Å². The highest BCUT2D eigenvalue weighted by Crippen LogP contribution is 2.37. The summed E-state index contributed by atoms with van der Waals surface area (Å²) in [4.78, 5) is 0. The van der Waals surface area contributed by atoms with Crippen molar-refractivity contribution in [3.8, 4) is 0 Å². The molecule has 0 spiro atoms. The van der Waals surface area contributed by atoms with Crippen LogP contribution in [0.3, 0.4) is 0 Å². The molecule has 0 radical (unpaired) electrons. The van der Waals surface area contributed by atoms with Gasteiger partial charge in [0, 0.05) is 6.04 Å². The van der Waals surface area contributed by atoms with Crippen LogP contribution in [-0.2, 0) is 6.18 Å². The van der Waals surface area contributed by atoms with E-state index >= 15 is 0 Å². The van der Waals surface area contributed by atoms with Crippen molar-refractivity contribution in [2.45, 2.75) is 39.4 Å². The highest BCUT2D eigenvalue weighted by molar-refractivity contribution is 5.32. The number of hydrazine groups is 1. The Labute approximate surface area is 105 Å². The molecule has 5 heteroatoms. The van der Waals surface area contributed by atoms with Crippen LogP contribution in [-0.4, -0.2) is 0 Å². The minimum absolute atomic E-state index is 0.115. The Hall–Kier alpha value is -1.07. The van der Waals surface area contributed by atoms with Crippen molar-refractivity contribution in [1.82, 2.24) is 5.43 Å². The molecule has 1 rings (SSSR count). The fraction of sp³-hybridized carbons (Fsp3) is 0.538. The molecule has 18 heavy (non-hydrogen) atoms. The SMILES string of the molecule is CC(C)(C)CC(NN)c1ccccc1C(F)(F)F. The van der Waals surface area contributed by atoms with Crippen molar-refractivity contribution in [2.75, 3.05) is 0 Å². The van der Waals surface area contributed by atoms with Gasteiger partial charge in [-0.25, -0.2) is 0 Å². The summed E-state index contributed by atoms with van der Waals surface area (Å²) >= 11 is 0. The number of hydrogen-bond donors (Lipinski definition) is 2. The average Bonchev–Trinajstić information content (AvgIpc) is 2.23. The number of nitrogens with one attached hydrogen (secondary N) is 1. The molecule has 102 valence electrons. The fourth-order valence-electron chi connectivity index (χ4n) is 1.93. The summed E-state index contributed by atoms with van der Waals surface area (Å²) in [6, 6.07) is 5.03. The minimum Gasteiger partial charge on any atom is -0.271 e. The summed E-state index contributed by atoms with van der Waals surface area (Å²) in [7, 11) is 0.